The van der Waals surface area contributed by atoms with Crippen molar-refractivity contribution >= 4 is 63.5 Å². The van der Waals surface area contributed by atoms with E-state index in [1.165, 1.54) is 0 Å². The molecule has 7 heteroatoms. The van der Waals surface area contributed by atoms with Crippen molar-refractivity contribution in [1.29, 1.82) is 0 Å². The molecule has 1 amide bonds. The van der Waals surface area contributed by atoms with Gasteiger partial charge in [0.2, 0.25) is 0 Å². The van der Waals surface area contributed by atoms with Crippen molar-refractivity contribution in [3.63, 3.8) is 0 Å². The molecule has 1 N–H and O–H groups in total. The fourth-order valence-corrected chi connectivity index (χ4v) is 3.21. The van der Waals surface area contributed by atoms with Crippen molar-refractivity contribution in [2.45, 2.75) is 0 Å². The molecular weight excluding hydrogens is 349 g/mol. The van der Waals surface area contributed by atoms with Crippen LogP contribution in [0.25, 0.3) is 17.4 Å². The predicted molar refractivity (Wildman–Crippen MR) is 90.9 cm³/mol. The van der Waals surface area contributed by atoms with Crippen molar-refractivity contribution in [1.82, 2.24) is 5.32 Å². The Bertz CT molecular complexity index is 783. The normalized spacial score (nSPS) is 16.6. The number of benzene rings is 1. The highest BCUT2D eigenvalue weighted by atomic mass is 35.5. The summed E-state index contributed by atoms with van der Waals surface area (Å²) in [5.41, 5.74) is 0.713. The standard InChI is InChI=1S/C14H7Cl2NO2S2/c15-7-1-3-10(16)9(5-7)11-4-2-8(19-11)6-12-13(20)17-14(18)21-12/h1-6H,(H,17,18,20)/b12-6-. The molecule has 2 aromatic rings. The van der Waals surface area contributed by atoms with Crippen LogP contribution in [0.15, 0.2) is 39.7 Å². The molecule has 1 aliphatic heterocycles. The van der Waals surface area contributed by atoms with Gasteiger partial charge >= 0.3 is 0 Å². The Hall–Kier alpha value is -1.27. The summed E-state index contributed by atoms with van der Waals surface area (Å²) in [4.78, 5) is 12.3. The number of carbonyl (C=O) groups is 1. The largest absolute Gasteiger partial charge is 0.457 e. The minimum Gasteiger partial charge on any atom is -0.457 e. The van der Waals surface area contributed by atoms with E-state index in [0.717, 1.165) is 11.8 Å². The number of amides is 1. The van der Waals surface area contributed by atoms with E-state index in [9.17, 15) is 4.79 Å². The van der Waals surface area contributed by atoms with Gasteiger partial charge in [-0.3, -0.25) is 4.79 Å². The maximum Gasteiger partial charge on any atom is 0.289 e. The average Bonchev–Trinajstić information content (AvgIpc) is 3.00. The number of carbonyl (C=O) groups excluding carboxylic acids is 1. The van der Waals surface area contributed by atoms with Gasteiger partial charge in [-0.1, -0.05) is 35.4 Å². The predicted octanol–water partition coefficient (Wildman–Crippen LogP) is 5.38. The van der Waals surface area contributed by atoms with Gasteiger partial charge in [0, 0.05) is 10.6 Å². The van der Waals surface area contributed by atoms with Crippen molar-refractivity contribution < 1.29 is 9.21 Å². The van der Waals surface area contributed by atoms with E-state index in [4.69, 9.17) is 39.8 Å². The number of thiocarbonyl (C=S) groups is 1. The molecule has 0 spiro atoms. The molecule has 0 aliphatic carbocycles. The van der Waals surface area contributed by atoms with E-state index in [1.54, 1.807) is 36.4 Å². The van der Waals surface area contributed by atoms with E-state index in [-0.39, 0.29) is 5.24 Å². The molecule has 2 heterocycles. The van der Waals surface area contributed by atoms with Crippen LogP contribution >= 0.6 is 47.2 Å². The lowest BCUT2D eigenvalue weighted by molar-refractivity contribution is 0.265. The van der Waals surface area contributed by atoms with Gasteiger partial charge in [0.15, 0.2) is 0 Å². The first kappa shape index (κ1) is 14.7. The second-order valence-corrected chi connectivity index (χ2v) is 6.45. The molecule has 3 rings (SSSR count). The van der Waals surface area contributed by atoms with Gasteiger partial charge in [-0.2, -0.15) is 0 Å². The highest BCUT2D eigenvalue weighted by Crippen LogP contribution is 2.33. The van der Waals surface area contributed by atoms with Crippen LogP contribution in [-0.4, -0.2) is 10.2 Å². The summed E-state index contributed by atoms with van der Waals surface area (Å²) in [5, 5.41) is 3.49. The second-order valence-electron chi connectivity index (χ2n) is 4.18. The van der Waals surface area contributed by atoms with Gasteiger partial charge < -0.3 is 9.73 Å². The number of hydrogen-bond acceptors (Lipinski definition) is 4. The quantitative estimate of drug-likeness (QED) is 0.580. The van der Waals surface area contributed by atoms with E-state index in [0.29, 0.717) is 37.0 Å². The van der Waals surface area contributed by atoms with E-state index in [1.807, 2.05) is 0 Å². The number of hydrogen-bond donors (Lipinski definition) is 1. The summed E-state index contributed by atoms with van der Waals surface area (Å²) in [6.07, 6.45) is 1.72. The van der Waals surface area contributed by atoms with Crippen molar-refractivity contribution in [3.8, 4) is 11.3 Å². The van der Waals surface area contributed by atoms with E-state index >= 15 is 0 Å². The zero-order valence-corrected chi connectivity index (χ0v) is 13.5. The molecule has 1 aliphatic rings. The molecule has 21 heavy (non-hydrogen) atoms. The summed E-state index contributed by atoms with van der Waals surface area (Å²) in [6, 6.07) is 8.74. The van der Waals surface area contributed by atoms with E-state index in [2.05, 4.69) is 5.32 Å². The van der Waals surface area contributed by atoms with Gasteiger partial charge in [-0.15, -0.1) is 0 Å². The Kier molecular flexibility index (Phi) is 4.08. The third kappa shape index (κ3) is 3.16. The van der Waals surface area contributed by atoms with Gasteiger partial charge in [0.05, 0.1) is 9.93 Å². The van der Waals surface area contributed by atoms with Gasteiger partial charge in [0.25, 0.3) is 5.24 Å². The van der Waals surface area contributed by atoms with E-state index < -0.39 is 0 Å². The maximum absolute atomic E-state index is 11.2. The van der Waals surface area contributed by atoms with Crippen LogP contribution in [-0.2, 0) is 0 Å². The van der Waals surface area contributed by atoms with Crippen molar-refractivity contribution in [2.24, 2.45) is 0 Å². The smallest absolute Gasteiger partial charge is 0.289 e. The number of rotatable bonds is 2. The average molecular weight is 356 g/mol. The summed E-state index contributed by atoms with van der Waals surface area (Å²) < 4.78 is 5.72. The van der Waals surface area contributed by atoms with Crippen molar-refractivity contribution in [2.75, 3.05) is 0 Å². The molecule has 0 unspecified atom stereocenters. The van der Waals surface area contributed by atoms with Crippen LogP contribution in [0, 0.1) is 0 Å². The van der Waals surface area contributed by atoms with Crippen molar-refractivity contribution in [3.05, 3.63) is 51.0 Å². The summed E-state index contributed by atoms with van der Waals surface area (Å²) in [6.45, 7) is 0. The van der Waals surface area contributed by atoms with Gasteiger partial charge in [-0.05, 0) is 48.2 Å². The molecular formula is C14H7Cl2NO2S2. The highest BCUT2D eigenvalue weighted by Gasteiger charge is 2.22. The molecule has 0 bridgehead atoms. The Morgan fingerprint density at radius 1 is 1.24 bits per heavy atom. The Morgan fingerprint density at radius 3 is 2.76 bits per heavy atom. The molecule has 3 nitrogen and oxygen atoms in total. The molecule has 1 aromatic heterocycles. The Balaban J connectivity index is 1.94. The lowest BCUT2D eigenvalue weighted by atomic mass is 10.2. The van der Waals surface area contributed by atoms with Crippen LogP contribution in [0.2, 0.25) is 10.0 Å². The second kappa shape index (κ2) is 5.85. The van der Waals surface area contributed by atoms with Crippen LogP contribution in [0.4, 0.5) is 4.79 Å². The minimum atomic E-state index is -0.184. The monoisotopic (exact) mass is 355 g/mol. The van der Waals surface area contributed by atoms with Gasteiger partial charge in [0.1, 0.15) is 16.5 Å². The zero-order chi connectivity index (χ0) is 15.0. The maximum atomic E-state index is 11.2. The zero-order valence-electron chi connectivity index (χ0n) is 10.4. The van der Waals surface area contributed by atoms with Crippen LogP contribution < -0.4 is 5.32 Å². The first-order chi connectivity index (χ1) is 10.0. The molecule has 106 valence electrons. The van der Waals surface area contributed by atoms with Crippen LogP contribution in [0.1, 0.15) is 5.76 Å². The first-order valence-corrected chi connectivity index (χ1v) is 7.81. The molecule has 1 fully saturated rings. The molecule has 0 saturated carbocycles. The minimum absolute atomic E-state index is 0.184. The fourth-order valence-electron chi connectivity index (χ4n) is 1.81. The highest BCUT2D eigenvalue weighted by molar-refractivity contribution is 8.19. The summed E-state index contributed by atoms with van der Waals surface area (Å²) in [7, 11) is 0. The summed E-state index contributed by atoms with van der Waals surface area (Å²) in [5.74, 6) is 1.19. The molecule has 0 radical (unpaired) electrons. The number of halogens is 2. The number of thioether (sulfide) groups is 1. The Labute approximate surface area is 140 Å². The third-order valence-corrected chi connectivity index (χ3v) is 4.58. The summed E-state index contributed by atoms with van der Waals surface area (Å²) >= 11 is 18.2. The van der Waals surface area contributed by atoms with Gasteiger partial charge in [-0.25, -0.2) is 0 Å². The molecule has 1 saturated heterocycles. The SMILES string of the molecule is O=C1NC(=S)/C(=C/c2ccc(-c3cc(Cl)ccc3Cl)o2)S1. The molecule has 1 aromatic carbocycles. The number of nitrogens with one attached hydrogen (secondary N) is 1. The Morgan fingerprint density at radius 2 is 2.05 bits per heavy atom. The topological polar surface area (TPSA) is 42.2 Å². The first-order valence-electron chi connectivity index (χ1n) is 5.83. The van der Waals surface area contributed by atoms with Crippen LogP contribution in [0.5, 0.6) is 0 Å². The number of furan rings is 1. The van der Waals surface area contributed by atoms with Crippen LogP contribution in [0.3, 0.4) is 0 Å². The molecule has 0 atom stereocenters. The third-order valence-electron chi connectivity index (χ3n) is 2.74. The lowest BCUT2D eigenvalue weighted by Gasteiger charge is -2.01. The lowest BCUT2D eigenvalue weighted by Crippen LogP contribution is -2.15. The fraction of sp³-hybridized carbons (Fsp3) is 0.